The zero-order chi connectivity index (χ0) is 16.5. The topological polar surface area (TPSA) is 29.9 Å². The van der Waals surface area contributed by atoms with E-state index in [1.807, 2.05) is 0 Å². The van der Waals surface area contributed by atoms with Crippen molar-refractivity contribution in [3.05, 3.63) is 23.3 Å². The molecular formula is C22H29N3. The lowest BCUT2D eigenvalue weighted by atomic mass is 9.62. The minimum atomic E-state index is 0.279. The maximum atomic E-state index is 5.12. The van der Waals surface area contributed by atoms with Crippen molar-refractivity contribution in [3.63, 3.8) is 0 Å². The highest BCUT2D eigenvalue weighted by Gasteiger charge is 2.58. The van der Waals surface area contributed by atoms with E-state index in [1.54, 1.807) is 11.1 Å². The monoisotopic (exact) mass is 335 g/mol. The second kappa shape index (κ2) is 5.02. The number of nitrogens with one attached hydrogen (secondary N) is 1. The van der Waals surface area contributed by atoms with Crippen LogP contribution in [0.3, 0.4) is 0 Å². The van der Waals surface area contributed by atoms with Gasteiger partial charge in [0, 0.05) is 0 Å². The molecule has 0 amide bonds. The molecule has 25 heavy (non-hydrogen) atoms. The van der Waals surface area contributed by atoms with Crippen molar-refractivity contribution in [3.8, 4) is 0 Å². The van der Waals surface area contributed by atoms with Crippen molar-refractivity contribution >= 4 is 17.0 Å². The molecule has 3 heteroatoms. The largest absolute Gasteiger partial charge is 0.348 e. The average Bonchev–Trinajstić information content (AvgIpc) is 3.29. The Hall–Kier alpha value is -1.51. The minimum Gasteiger partial charge on any atom is -0.348 e. The summed E-state index contributed by atoms with van der Waals surface area (Å²) in [6, 6.07) is 4.91. The fraction of sp³-hybridized carbons (Fsp3) is 0.682. The van der Waals surface area contributed by atoms with E-state index in [4.69, 9.17) is 4.98 Å². The van der Waals surface area contributed by atoms with Crippen molar-refractivity contribution in [1.29, 1.82) is 0 Å². The van der Waals surface area contributed by atoms with Gasteiger partial charge in [0.2, 0.25) is 5.95 Å². The summed E-state index contributed by atoms with van der Waals surface area (Å²) in [5.74, 6) is 1.18. The average molecular weight is 335 g/mol. The molecule has 0 unspecified atom stereocenters. The normalized spacial score (nSPS) is 26.1. The summed E-state index contributed by atoms with van der Waals surface area (Å²) < 4.78 is 2.70. The highest BCUT2D eigenvalue weighted by atomic mass is 15.4. The number of hydrogen-bond acceptors (Lipinski definition) is 2. The first kappa shape index (κ1) is 14.6. The van der Waals surface area contributed by atoms with Gasteiger partial charge in [-0.3, -0.25) is 0 Å². The van der Waals surface area contributed by atoms with Crippen LogP contribution in [-0.2, 0) is 18.4 Å². The highest BCUT2D eigenvalue weighted by Crippen LogP contribution is 2.57. The Balaban J connectivity index is 1.59. The smallest absolute Gasteiger partial charge is 0.205 e. The van der Waals surface area contributed by atoms with Gasteiger partial charge in [0.25, 0.3) is 0 Å². The lowest BCUT2D eigenvalue weighted by Gasteiger charge is -2.50. The molecule has 0 atom stereocenters. The Morgan fingerprint density at radius 3 is 2.24 bits per heavy atom. The zero-order valence-electron chi connectivity index (χ0n) is 15.2. The van der Waals surface area contributed by atoms with E-state index < -0.39 is 0 Å². The minimum absolute atomic E-state index is 0.279. The van der Waals surface area contributed by atoms with Gasteiger partial charge >= 0.3 is 0 Å². The van der Waals surface area contributed by atoms with Crippen LogP contribution in [0.1, 0.15) is 81.8 Å². The van der Waals surface area contributed by atoms with Crippen LogP contribution >= 0.6 is 0 Å². The molecule has 6 rings (SSSR count). The molecule has 1 aromatic heterocycles. The number of imidazole rings is 1. The second-order valence-electron chi connectivity index (χ2n) is 9.09. The van der Waals surface area contributed by atoms with E-state index in [1.165, 1.54) is 100 Å². The summed E-state index contributed by atoms with van der Waals surface area (Å²) in [6.45, 7) is 0. The predicted molar refractivity (Wildman–Crippen MR) is 102 cm³/mol. The SMILES string of the molecule is c1c2c(cc3c1nc1n3C3(CCCCC3)C3(CCCCC3)N1)CCC2. The molecule has 0 bridgehead atoms. The summed E-state index contributed by atoms with van der Waals surface area (Å²) in [7, 11) is 0. The van der Waals surface area contributed by atoms with Crippen LogP contribution in [0.2, 0.25) is 0 Å². The summed E-state index contributed by atoms with van der Waals surface area (Å²) in [4.78, 5) is 5.12. The molecule has 2 saturated carbocycles. The first-order chi connectivity index (χ1) is 12.3. The third-order valence-electron chi connectivity index (χ3n) is 7.93. The summed E-state index contributed by atoms with van der Waals surface area (Å²) in [5, 5.41) is 4.03. The summed E-state index contributed by atoms with van der Waals surface area (Å²) in [6.07, 6.45) is 17.5. The van der Waals surface area contributed by atoms with Gasteiger partial charge in [-0.15, -0.1) is 0 Å². The number of nitrogens with zero attached hydrogens (tertiary/aromatic N) is 2. The molecule has 0 radical (unpaired) electrons. The van der Waals surface area contributed by atoms with Crippen LogP contribution in [0.15, 0.2) is 12.1 Å². The van der Waals surface area contributed by atoms with Crippen LogP contribution in [-0.4, -0.2) is 15.1 Å². The van der Waals surface area contributed by atoms with E-state index in [2.05, 4.69) is 22.0 Å². The fourth-order valence-electron chi connectivity index (χ4n) is 6.79. The van der Waals surface area contributed by atoms with Crippen molar-refractivity contribution in [1.82, 2.24) is 9.55 Å². The Labute approximate surface area is 150 Å². The van der Waals surface area contributed by atoms with Gasteiger partial charge in [-0.05, 0) is 68.2 Å². The Morgan fingerprint density at radius 1 is 0.800 bits per heavy atom. The van der Waals surface area contributed by atoms with E-state index >= 15 is 0 Å². The van der Waals surface area contributed by atoms with Crippen molar-refractivity contribution in [2.45, 2.75) is 94.5 Å². The third-order valence-corrected chi connectivity index (χ3v) is 7.93. The van der Waals surface area contributed by atoms with Crippen LogP contribution in [0.4, 0.5) is 5.95 Å². The number of rotatable bonds is 0. The van der Waals surface area contributed by atoms with Crippen molar-refractivity contribution in [2.24, 2.45) is 0 Å². The van der Waals surface area contributed by atoms with Gasteiger partial charge in [-0.2, -0.15) is 0 Å². The van der Waals surface area contributed by atoms with Crippen molar-refractivity contribution in [2.75, 3.05) is 5.32 Å². The molecule has 2 spiro atoms. The molecule has 3 aliphatic carbocycles. The number of benzene rings is 1. The molecule has 2 heterocycles. The van der Waals surface area contributed by atoms with Gasteiger partial charge in [-0.1, -0.05) is 38.5 Å². The molecule has 0 saturated heterocycles. The van der Waals surface area contributed by atoms with Gasteiger partial charge in [0.1, 0.15) is 0 Å². The number of anilines is 1. The third kappa shape index (κ3) is 1.80. The fourth-order valence-corrected chi connectivity index (χ4v) is 6.79. The number of hydrogen-bond donors (Lipinski definition) is 1. The zero-order valence-corrected chi connectivity index (χ0v) is 15.2. The van der Waals surface area contributed by atoms with E-state index in [-0.39, 0.29) is 11.1 Å². The van der Waals surface area contributed by atoms with Gasteiger partial charge in [-0.25, -0.2) is 4.98 Å². The van der Waals surface area contributed by atoms with Gasteiger partial charge < -0.3 is 9.88 Å². The van der Waals surface area contributed by atoms with E-state index in [0.717, 1.165) is 0 Å². The molecule has 1 N–H and O–H groups in total. The Bertz CT molecular complexity index is 835. The van der Waals surface area contributed by atoms with E-state index in [0.29, 0.717) is 0 Å². The summed E-state index contributed by atoms with van der Waals surface area (Å²) in [5.41, 5.74) is 6.36. The van der Waals surface area contributed by atoms with Crippen LogP contribution in [0, 0.1) is 0 Å². The molecular weight excluding hydrogens is 306 g/mol. The molecule has 3 nitrogen and oxygen atoms in total. The molecule has 1 aliphatic heterocycles. The van der Waals surface area contributed by atoms with Crippen LogP contribution in [0.25, 0.3) is 11.0 Å². The highest BCUT2D eigenvalue weighted by molar-refractivity contribution is 5.83. The maximum absolute atomic E-state index is 5.12. The van der Waals surface area contributed by atoms with Crippen molar-refractivity contribution < 1.29 is 0 Å². The molecule has 4 aliphatic rings. The van der Waals surface area contributed by atoms with Gasteiger partial charge in [0.05, 0.1) is 22.1 Å². The molecule has 132 valence electrons. The van der Waals surface area contributed by atoms with E-state index in [9.17, 15) is 0 Å². The number of fused-ring (bicyclic) bond motifs is 6. The first-order valence-corrected chi connectivity index (χ1v) is 10.6. The Morgan fingerprint density at radius 2 is 1.48 bits per heavy atom. The maximum Gasteiger partial charge on any atom is 0.205 e. The Kier molecular flexibility index (Phi) is 2.94. The molecule has 1 aromatic carbocycles. The lowest BCUT2D eigenvalue weighted by molar-refractivity contribution is 0.0892. The molecule has 2 aromatic rings. The first-order valence-electron chi connectivity index (χ1n) is 10.6. The second-order valence-corrected chi connectivity index (χ2v) is 9.09. The number of aromatic nitrogens is 2. The quantitative estimate of drug-likeness (QED) is 0.707. The van der Waals surface area contributed by atoms with Gasteiger partial charge in [0.15, 0.2) is 0 Å². The predicted octanol–water partition coefficient (Wildman–Crippen LogP) is 5.31. The number of aryl methyl sites for hydroxylation is 2. The molecule has 2 fully saturated rings. The summed E-state index contributed by atoms with van der Waals surface area (Å²) >= 11 is 0. The van der Waals surface area contributed by atoms with Crippen LogP contribution in [0.5, 0.6) is 0 Å². The lowest BCUT2D eigenvalue weighted by Crippen LogP contribution is -2.56. The standard InChI is InChI=1S/C22H29N3/c1-3-10-21(11-4-1)22(12-5-2-6-13-22)25-19-15-17-9-7-8-16(17)14-18(19)23-20(25)24-21/h14-15H,1-13H2,(H,23,24). The van der Waals surface area contributed by atoms with Crippen LogP contribution < -0.4 is 5.32 Å².